The van der Waals surface area contributed by atoms with Gasteiger partial charge in [0.15, 0.2) is 0 Å². The van der Waals surface area contributed by atoms with E-state index in [4.69, 9.17) is 0 Å². The van der Waals surface area contributed by atoms with Gasteiger partial charge in [0.25, 0.3) is 0 Å². The van der Waals surface area contributed by atoms with Crippen LogP contribution in [0, 0.1) is 0 Å². The first kappa shape index (κ1) is 5.05. The van der Waals surface area contributed by atoms with Crippen molar-refractivity contribution in [2.75, 3.05) is 6.26 Å². The molecule has 0 unspecified atom stereocenters. The molecule has 1 heterocycles. The highest BCUT2D eigenvalue weighted by atomic mass is 32.2. The second-order valence-corrected chi connectivity index (χ2v) is 2.83. The van der Waals surface area contributed by atoms with Crippen LogP contribution >= 0.6 is 23.3 Å². The van der Waals surface area contributed by atoms with E-state index < -0.39 is 0 Å². The molecule has 0 aromatic carbocycles. The number of rotatable bonds is 1. The first-order valence-corrected chi connectivity index (χ1v) is 3.74. The molecular formula is C3H4N2S2. The Morgan fingerprint density at radius 1 is 1.86 bits per heavy atom. The summed E-state index contributed by atoms with van der Waals surface area (Å²) in [5.41, 5.74) is 0. The summed E-state index contributed by atoms with van der Waals surface area (Å²) in [6.07, 6.45) is 3.77. The molecule has 38 valence electrons. The maximum absolute atomic E-state index is 3.66. The standard InChI is InChI=1S/C3H4N2S2/c1-6-3-2-4-5-7-3/h2H,1H3. The summed E-state index contributed by atoms with van der Waals surface area (Å²) in [6, 6.07) is 0. The van der Waals surface area contributed by atoms with Crippen LogP contribution in [-0.2, 0) is 0 Å². The zero-order valence-corrected chi connectivity index (χ0v) is 5.42. The van der Waals surface area contributed by atoms with Crippen molar-refractivity contribution < 1.29 is 0 Å². The van der Waals surface area contributed by atoms with Crippen LogP contribution in [-0.4, -0.2) is 15.8 Å². The summed E-state index contributed by atoms with van der Waals surface area (Å²) in [6.45, 7) is 0. The summed E-state index contributed by atoms with van der Waals surface area (Å²) < 4.78 is 4.83. The second kappa shape index (κ2) is 2.28. The van der Waals surface area contributed by atoms with Crippen LogP contribution in [0.15, 0.2) is 10.4 Å². The molecule has 1 rings (SSSR count). The Hall–Kier alpha value is -0.0900. The highest BCUT2D eigenvalue weighted by molar-refractivity contribution is 8.00. The minimum atomic E-state index is 1.17. The van der Waals surface area contributed by atoms with E-state index in [9.17, 15) is 0 Å². The molecule has 0 amide bonds. The molecular weight excluding hydrogens is 128 g/mol. The normalized spacial score (nSPS) is 9.29. The number of thioether (sulfide) groups is 1. The maximum Gasteiger partial charge on any atom is 0.101 e. The van der Waals surface area contributed by atoms with Crippen LogP contribution in [0.4, 0.5) is 0 Å². The van der Waals surface area contributed by atoms with Gasteiger partial charge in [-0.1, -0.05) is 4.49 Å². The predicted molar refractivity (Wildman–Crippen MR) is 31.7 cm³/mol. The quantitative estimate of drug-likeness (QED) is 0.538. The van der Waals surface area contributed by atoms with Crippen molar-refractivity contribution in [2.24, 2.45) is 0 Å². The lowest BCUT2D eigenvalue weighted by Crippen LogP contribution is -1.53. The molecule has 0 spiro atoms. The second-order valence-electron chi connectivity index (χ2n) is 0.941. The summed E-state index contributed by atoms with van der Waals surface area (Å²) in [5, 5.41) is 3.64. The monoisotopic (exact) mass is 132 g/mol. The van der Waals surface area contributed by atoms with Crippen molar-refractivity contribution in [3.05, 3.63) is 6.20 Å². The molecule has 1 aromatic heterocycles. The first-order chi connectivity index (χ1) is 3.43. The van der Waals surface area contributed by atoms with Crippen molar-refractivity contribution in [2.45, 2.75) is 4.21 Å². The highest BCUT2D eigenvalue weighted by Crippen LogP contribution is 2.14. The summed E-state index contributed by atoms with van der Waals surface area (Å²) >= 11 is 3.09. The summed E-state index contributed by atoms with van der Waals surface area (Å²) in [5.74, 6) is 0. The van der Waals surface area contributed by atoms with Crippen molar-refractivity contribution in [3.63, 3.8) is 0 Å². The van der Waals surface area contributed by atoms with Crippen molar-refractivity contribution in [3.8, 4) is 0 Å². The van der Waals surface area contributed by atoms with Crippen molar-refractivity contribution >= 4 is 23.3 Å². The average molecular weight is 132 g/mol. The van der Waals surface area contributed by atoms with E-state index in [0.29, 0.717) is 0 Å². The lowest BCUT2D eigenvalue weighted by Gasteiger charge is -1.74. The van der Waals surface area contributed by atoms with Gasteiger partial charge in [-0.25, -0.2) is 0 Å². The topological polar surface area (TPSA) is 25.8 Å². The van der Waals surface area contributed by atoms with Gasteiger partial charge in [0, 0.05) is 0 Å². The van der Waals surface area contributed by atoms with Gasteiger partial charge in [-0.15, -0.1) is 16.9 Å². The van der Waals surface area contributed by atoms with Gasteiger partial charge in [-0.3, -0.25) is 0 Å². The van der Waals surface area contributed by atoms with Crippen LogP contribution in [0.25, 0.3) is 0 Å². The van der Waals surface area contributed by atoms with Gasteiger partial charge in [0.1, 0.15) is 4.21 Å². The Bertz CT molecular complexity index is 125. The zero-order chi connectivity index (χ0) is 5.11. The average Bonchev–Trinajstić information content (AvgIpc) is 2.14. The molecule has 0 radical (unpaired) electrons. The predicted octanol–water partition coefficient (Wildman–Crippen LogP) is 1.26. The van der Waals surface area contributed by atoms with Crippen molar-refractivity contribution in [1.29, 1.82) is 0 Å². The van der Waals surface area contributed by atoms with E-state index in [-0.39, 0.29) is 0 Å². The third-order valence-electron chi connectivity index (χ3n) is 0.542. The smallest absolute Gasteiger partial charge is 0.101 e. The van der Waals surface area contributed by atoms with Crippen molar-refractivity contribution in [1.82, 2.24) is 9.59 Å². The Morgan fingerprint density at radius 3 is 3.00 bits per heavy atom. The van der Waals surface area contributed by atoms with Gasteiger partial charge in [-0.2, -0.15) is 0 Å². The fraction of sp³-hybridized carbons (Fsp3) is 0.333. The van der Waals surface area contributed by atoms with E-state index in [1.54, 1.807) is 18.0 Å². The molecule has 0 aliphatic heterocycles. The van der Waals surface area contributed by atoms with Gasteiger partial charge < -0.3 is 0 Å². The lowest BCUT2D eigenvalue weighted by molar-refractivity contribution is 1.15. The maximum atomic E-state index is 3.66. The molecule has 0 saturated heterocycles. The number of aromatic nitrogens is 2. The number of nitrogens with zero attached hydrogens (tertiary/aromatic N) is 2. The van der Waals surface area contributed by atoms with Gasteiger partial charge >= 0.3 is 0 Å². The Balaban J connectivity index is 2.76. The third kappa shape index (κ3) is 1.14. The first-order valence-electron chi connectivity index (χ1n) is 1.75. The number of hydrogen-bond acceptors (Lipinski definition) is 4. The lowest BCUT2D eigenvalue weighted by atomic mass is 11.0. The molecule has 4 heteroatoms. The van der Waals surface area contributed by atoms with Crippen LogP contribution in [0.2, 0.25) is 0 Å². The van der Waals surface area contributed by atoms with E-state index in [2.05, 4.69) is 9.59 Å². The zero-order valence-electron chi connectivity index (χ0n) is 3.79. The van der Waals surface area contributed by atoms with Gasteiger partial charge in [-0.05, 0) is 17.8 Å². The fourth-order valence-corrected chi connectivity index (χ4v) is 1.07. The van der Waals surface area contributed by atoms with Gasteiger partial charge in [0.05, 0.1) is 6.20 Å². The Labute approximate surface area is 50.1 Å². The van der Waals surface area contributed by atoms with E-state index in [1.165, 1.54) is 15.7 Å². The minimum Gasteiger partial charge on any atom is -0.145 e. The number of hydrogen-bond donors (Lipinski definition) is 0. The molecule has 0 saturated carbocycles. The van der Waals surface area contributed by atoms with E-state index in [1.807, 2.05) is 6.26 Å². The molecule has 0 aliphatic rings. The Morgan fingerprint density at radius 2 is 2.71 bits per heavy atom. The van der Waals surface area contributed by atoms with Crippen LogP contribution in [0.1, 0.15) is 0 Å². The molecule has 0 N–H and O–H groups in total. The summed E-state index contributed by atoms with van der Waals surface area (Å²) in [4.78, 5) is 0. The molecule has 2 nitrogen and oxygen atoms in total. The van der Waals surface area contributed by atoms with E-state index >= 15 is 0 Å². The third-order valence-corrected chi connectivity index (χ3v) is 2.23. The molecule has 0 fully saturated rings. The summed E-state index contributed by atoms with van der Waals surface area (Å²) in [7, 11) is 0. The minimum absolute atomic E-state index is 1.17. The van der Waals surface area contributed by atoms with E-state index in [0.717, 1.165) is 0 Å². The fourth-order valence-electron chi connectivity index (χ4n) is 0.248. The molecule has 0 atom stereocenters. The van der Waals surface area contributed by atoms with Crippen LogP contribution < -0.4 is 0 Å². The Kier molecular flexibility index (Phi) is 1.64. The molecule has 1 aromatic rings. The molecule has 0 aliphatic carbocycles. The highest BCUT2D eigenvalue weighted by Gasteiger charge is 1.86. The largest absolute Gasteiger partial charge is 0.145 e. The van der Waals surface area contributed by atoms with Gasteiger partial charge in [0.2, 0.25) is 0 Å². The molecule has 7 heavy (non-hydrogen) atoms. The van der Waals surface area contributed by atoms with Crippen LogP contribution in [0.5, 0.6) is 0 Å². The molecule has 0 bridgehead atoms. The SMILES string of the molecule is CSc1cnns1. The van der Waals surface area contributed by atoms with Crippen LogP contribution in [0.3, 0.4) is 0 Å².